The van der Waals surface area contributed by atoms with Gasteiger partial charge in [-0.1, -0.05) is 74.7 Å². The number of amides is 4. The average Bonchev–Trinajstić information content (AvgIpc) is 3.77. The van der Waals surface area contributed by atoms with Crippen LogP contribution in [0.3, 0.4) is 0 Å². The number of hydrogen-bond donors (Lipinski definition) is 5. The van der Waals surface area contributed by atoms with Gasteiger partial charge < -0.3 is 30.7 Å². The molecule has 260 valence electrons. The van der Waals surface area contributed by atoms with E-state index in [2.05, 4.69) is 28.6 Å². The molecule has 1 aliphatic carbocycles. The summed E-state index contributed by atoms with van der Waals surface area (Å²) in [6.07, 6.45) is 3.51. The molecule has 1 aliphatic heterocycles. The summed E-state index contributed by atoms with van der Waals surface area (Å²) in [5.74, 6) is -2.40. The summed E-state index contributed by atoms with van der Waals surface area (Å²) in [4.78, 5) is 66.8. The normalized spacial score (nSPS) is 19.1. The minimum absolute atomic E-state index is 0.0162. The number of thiol groups is 1. The molecule has 4 amide bonds. The number of rotatable bonds is 14. The van der Waals surface area contributed by atoms with Gasteiger partial charge in [0, 0.05) is 29.8 Å². The number of alkyl carbamates (subject to hydrolysis) is 1. The Hall–Kier alpha value is -3.77. The minimum Gasteiger partial charge on any atom is -0.478 e. The first-order valence-corrected chi connectivity index (χ1v) is 17.5. The number of hydrogen-bond acceptors (Lipinski definition) is 7. The van der Waals surface area contributed by atoms with Gasteiger partial charge in [0.15, 0.2) is 0 Å². The van der Waals surface area contributed by atoms with Gasteiger partial charge in [0.1, 0.15) is 18.1 Å². The van der Waals surface area contributed by atoms with Crippen LogP contribution in [0.15, 0.2) is 48.5 Å². The van der Waals surface area contributed by atoms with E-state index in [1.54, 1.807) is 11.0 Å². The summed E-state index contributed by atoms with van der Waals surface area (Å²) < 4.78 is 5.36. The van der Waals surface area contributed by atoms with Crippen LogP contribution in [-0.4, -0.2) is 83.4 Å². The van der Waals surface area contributed by atoms with Gasteiger partial charge in [-0.25, -0.2) is 9.59 Å². The molecule has 1 saturated carbocycles. The van der Waals surface area contributed by atoms with Gasteiger partial charge in [0.2, 0.25) is 17.7 Å². The van der Waals surface area contributed by atoms with E-state index in [1.807, 2.05) is 44.2 Å². The lowest BCUT2D eigenvalue weighted by molar-refractivity contribution is -0.141. The quantitative estimate of drug-likeness (QED) is 0.183. The molecular weight excluding hydrogens is 656 g/mol. The number of likely N-dealkylation sites (tertiary alicyclic amines) is 1. The van der Waals surface area contributed by atoms with E-state index in [-0.39, 0.29) is 59.7 Å². The zero-order valence-corrected chi connectivity index (χ0v) is 29.0. The molecule has 4 N–H and O–H groups in total. The van der Waals surface area contributed by atoms with Crippen molar-refractivity contribution < 1.29 is 33.8 Å². The highest BCUT2D eigenvalue weighted by Crippen LogP contribution is 2.35. The Balaban J connectivity index is 1.47. The second kappa shape index (κ2) is 17.6. The molecule has 0 radical (unpaired) electrons. The van der Waals surface area contributed by atoms with Crippen molar-refractivity contribution in [1.82, 2.24) is 20.9 Å². The lowest BCUT2D eigenvalue weighted by Crippen LogP contribution is -2.58. The third-order valence-corrected chi connectivity index (χ3v) is 9.64. The van der Waals surface area contributed by atoms with E-state index in [0.29, 0.717) is 18.4 Å². The molecule has 2 fully saturated rings. The third kappa shape index (κ3) is 9.88. The monoisotopic (exact) mass is 700 g/mol. The molecule has 1 saturated heterocycles. The largest absolute Gasteiger partial charge is 0.478 e. The summed E-state index contributed by atoms with van der Waals surface area (Å²) in [7, 11) is 0. The Morgan fingerprint density at radius 3 is 2.38 bits per heavy atom. The molecule has 2 aliphatic rings. The highest BCUT2D eigenvalue weighted by atomic mass is 35.5. The van der Waals surface area contributed by atoms with Crippen molar-refractivity contribution in [1.29, 1.82) is 0 Å². The van der Waals surface area contributed by atoms with Crippen LogP contribution < -0.4 is 16.0 Å². The van der Waals surface area contributed by atoms with Crippen LogP contribution in [0.2, 0.25) is 5.02 Å². The predicted octanol–water partition coefficient (Wildman–Crippen LogP) is 4.44. The van der Waals surface area contributed by atoms with Crippen molar-refractivity contribution in [2.24, 2.45) is 11.8 Å². The van der Waals surface area contributed by atoms with Crippen LogP contribution in [0.1, 0.15) is 73.4 Å². The number of carboxylic acid groups (broad SMARTS) is 1. The summed E-state index contributed by atoms with van der Waals surface area (Å²) in [5, 5.41) is 17.8. The lowest BCUT2D eigenvalue weighted by Gasteiger charge is -2.32. The molecule has 4 rings (SSSR count). The van der Waals surface area contributed by atoms with Crippen molar-refractivity contribution in [2.45, 2.75) is 76.4 Å². The summed E-state index contributed by atoms with van der Waals surface area (Å²) >= 11 is 10.5. The van der Waals surface area contributed by atoms with Gasteiger partial charge in [-0.3, -0.25) is 14.4 Å². The number of halogens is 1. The molecule has 1 unspecified atom stereocenters. The van der Waals surface area contributed by atoms with Crippen molar-refractivity contribution >= 4 is 54.0 Å². The molecule has 0 bridgehead atoms. The maximum atomic E-state index is 14.3. The number of benzene rings is 2. The van der Waals surface area contributed by atoms with Gasteiger partial charge >= 0.3 is 12.1 Å². The van der Waals surface area contributed by atoms with Crippen LogP contribution in [-0.2, 0) is 25.5 Å². The van der Waals surface area contributed by atoms with Gasteiger partial charge in [-0.05, 0) is 60.8 Å². The number of carboxylic acids is 1. The molecule has 11 nitrogen and oxygen atoms in total. The zero-order valence-electron chi connectivity index (χ0n) is 27.3. The first-order valence-electron chi connectivity index (χ1n) is 16.5. The fourth-order valence-electron chi connectivity index (χ4n) is 6.35. The highest BCUT2D eigenvalue weighted by molar-refractivity contribution is 7.80. The van der Waals surface area contributed by atoms with Gasteiger partial charge in [-0.15, -0.1) is 0 Å². The second-order valence-corrected chi connectivity index (χ2v) is 13.7. The Kier molecular flexibility index (Phi) is 13.6. The number of nitrogens with one attached hydrogen (secondary N) is 3. The SMILES string of the molecule is CC(C)COC(=O)N[C@H](C(=O)N1C[C@H](c2ccccc2)CC1C(=O)N[C@@H](CS)C(=O)NCCc1ccc(C(=O)O)cc1Cl)C1CCCC1. The predicted molar refractivity (Wildman–Crippen MR) is 185 cm³/mol. The number of carbonyl (C=O) groups excluding carboxylic acids is 4. The maximum absolute atomic E-state index is 14.3. The zero-order chi connectivity index (χ0) is 34.8. The minimum atomic E-state index is -1.09. The van der Waals surface area contributed by atoms with Crippen molar-refractivity contribution in [2.75, 3.05) is 25.4 Å². The first-order chi connectivity index (χ1) is 23.0. The Morgan fingerprint density at radius 2 is 1.75 bits per heavy atom. The van der Waals surface area contributed by atoms with Gasteiger partial charge in [-0.2, -0.15) is 12.6 Å². The molecule has 13 heteroatoms. The number of nitrogens with zero attached hydrogens (tertiary/aromatic N) is 1. The summed E-state index contributed by atoms with van der Waals surface area (Å²) in [6.45, 7) is 4.56. The smallest absolute Gasteiger partial charge is 0.407 e. The first kappa shape index (κ1) is 37.1. The summed E-state index contributed by atoms with van der Waals surface area (Å²) in [6, 6.07) is 11.4. The van der Waals surface area contributed by atoms with E-state index in [9.17, 15) is 24.0 Å². The van der Waals surface area contributed by atoms with Crippen LogP contribution in [0.4, 0.5) is 4.79 Å². The summed E-state index contributed by atoms with van der Waals surface area (Å²) in [5.41, 5.74) is 1.72. The highest BCUT2D eigenvalue weighted by Gasteiger charge is 2.45. The van der Waals surface area contributed by atoms with E-state index in [4.69, 9.17) is 21.4 Å². The Morgan fingerprint density at radius 1 is 1.04 bits per heavy atom. The third-order valence-electron chi connectivity index (χ3n) is 8.93. The Labute approximate surface area is 291 Å². The van der Waals surface area contributed by atoms with Crippen molar-refractivity contribution in [3.05, 3.63) is 70.2 Å². The fraction of sp³-hybridized carbons (Fsp3) is 0.514. The van der Waals surface area contributed by atoms with Crippen LogP contribution in [0.25, 0.3) is 0 Å². The van der Waals surface area contributed by atoms with E-state index < -0.39 is 42.0 Å². The van der Waals surface area contributed by atoms with Crippen molar-refractivity contribution in [3.63, 3.8) is 0 Å². The molecule has 0 aromatic heterocycles. The number of aromatic carboxylic acids is 1. The van der Waals surface area contributed by atoms with E-state index in [1.165, 1.54) is 12.1 Å². The van der Waals surface area contributed by atoms with Crippen LogP contribution in [0.5, 0.6) is 0 Å². The lowest BCUT2D eigenvalue weighted by atomic mass is 9.96. The van der Waals surface area contributed by atoms with Gasteiger partial charge in [0.25, 0.3) is 0 Å². The molecular formula is C35H45ClN4O7S. The van der Waals surface area contributed by atoms with Crippen LogP contribution >= 0.6 is 24.2 Å². The average molecular weight is 701 g/mol. The second-order valence-electron chi connectivity index (χ2n) is 12.9. The molecule has 2 aromatic rings. The molecule has 48 heavy (non-hydrogen) atoms. The molecule has 0 spiro atoms. The van der Waals surface area contributed by atoms with Crippen molar-refractivity contribution in [3.8, 4) is 0 Å². The fourth-order valence-corrected chi connectivity index (χ4v) is 6.88. The standard InChI is InChI=1S/C35H45ClN4O7S/c1-21(2)19-47-35(46)39-30(24-10-6-7-11-24)33(43)40-18-26(22-8-4-3-5-9-22)17-29(40)32(42)38-28(20-48)31(41)37-15-14-23-12-13-25(34(44)45)16-27(23)36/h3-5,8-9,12-13,16,21,24,26,28-30,48H,6-7,10-11,14-15,17-20H2,1-2H3,(H,37,41)(H,38,42)(H,39,46)(H,44,45)/t26-,28+,29?,30+/m1/s1. The molecule has 2 aromatic carbocycles. The van der Waals surface area contributed by atoms with Crippen LogP contribution in [0, 0.1) is 11.8 Å². The topological polar surface area (TPSA) is 154 Å². The molecule has 4 atom stereocenters. The number of ether oxygens (including phenoxy) is 1. The van der Waals surface area contributed by atoms with E-state index >= 15 is 0 Å². The Bertz CT molecular complexity index is 1450. The maximum Gasteiger partial charge on any atom is 0.407 e. The number of carbonyl (C=O) groups is 5. The van der Waals surface area contributed by atoms with E-state index in [0.717, 1.165) is 31.2 Å². The van der Waals surface area contributed by atoms with Gasteiger partial charge in [0.05, 0.1) is 12.2 Å². The molecule has 1 heterocycles.